The maximum Gasteiger partial charge on any atom is 0.191 e. The van der Waals surface area contributed by atoms with Crippen molar-refractivity contribution < 1.29 is 0 Å². The molecule has 20 heavy (non-hydrogen) atoms. The summed E-state index contributed by atoms with van der Waals surface area (Å²) in [7, 11) is 1.80. The molecule has 102 valence electrons. The molecule has 7 heteroatoms. The molecule has 5 nitrogen and oxygen atoms in total. The number of hydrogen-bond donors (Lipinski definition) is 2. The lowest BCUT2D eigenvalue weighted by Gasteiger charge is -2.10. The van der Waals surface area contributed by atoms with Gasteiger partial charge in [-0.15, -0.1) is 0 Å². The SMILES string of the molecule is CNc1cc(Nc2ccc(C#N)cc2Cl)nc(SC)n1. The Balaban J connectivity index is 2.32. The quantitative estimate of drug-likeness (QED) is 0.665. The van der Waals surface area contributed by atoms with E-state index in [1.807, 2.05) is 12.3 Å². The monoisotopic (exact) mass is 305 g/mol. The molecule has 0 unspecified atom stereocenters. The van der Waals surface area contributed by atoms with Crippen LogP contribution in [0.25, 0.3) is 0 Å². The first-order chi connectivity index (χ1) is 9.66. The van der Waals surface area contributed by atoms with Gasteiger partial charge in [-0.25, -0.2) is 9.97 Å². The molecule has 1 heterocycles. The smallest absolute Gasteiger partial charge is 0.191 e. The number of benzene rings is 1. The Labute approximate surface area is 126 Å². The lowest BCUT2D eigenvalue weighted by Crippen LogP contribution is -2.01. The van der Waals surface area contributed by atoms with E-state index in [4.69, 9.17) is 16.9 Å². The Morgan fingerprint density at radius 2 is 2.00 bits per heavy atom. The fourth-order valence-corrected chi connectivity index (χ4v) is 2.14. The van der Waals surface area contributed by atoms with Crippen molar-refractivity contribution in [1.29, 1.82) is 5.26 Å². The number of nitrogens with one attached hydrogen (secondary N) is 2. The first-order valence-corrected chi connectivity index (χ1v) is 7.34. The van der Waals surface area contributed by atoms with E-state index in [1.165, 1.54) is 11.8 Å². The molecule has 1 aromatic heterocycles. The maximum atomic E-state index is 8.82. The van der Waals surface area contributed by atoms with Crippen molar-refractivity contribution in [2.45, 2.75) is 5.16 Å². The summed E-state index contributed by atoms with van der Waals surface area (Å²) in [4.78, 5) is 8.64. The van der Waals surface area contributed by atoms with E-state index < -0.39 is 0 Å². The van der Waals surface area contributed by atoms with E-state index in [-0.39, 0.29) is 0 Å². The van der Waals surface area contributed by atoms with Crippen LogP contribution >= 0.6 is 23.4 Å². The van der Waals surface area contributed by atoms with Gasteiger partial charge in [-0.2, -0.15) is 5.26 Å². The van der Waals surface area contributed by atoms with E-state index in [0.717, 1.165) is 5.82 Å². The van der Waals surface area contributed by atoms with Crippen molar-refractivity contribution in [2.24, 2.45) is 0 Å². The van der Waals surface area contributed by atoms with Crippen LogP contribution in [0.3, 0.4) is 0 Å². The van der Waals surface area contributed by atoms with Crippen LogP contribution in [-0.4, -0.2) is 23.3 Å². The number of anilines is 3. The number of nitrogens with zero attached hydrogens (tertiary/aromatic N) is 3. The second-order valence-electron chi connectivity index (χ2n) is 3.81. The van der Waals surface area contributed by atoms with Gasteiger partial charge >= 0.3 is 0 Å². The Morgan fingerprint density at radius 1 is 1.25 bits per heavy atom. The summed E-state index contributed by atoms with van der Waals surface area (Å²) in [6.07, 6.45) is 1.91. The van der Waals surface area contributed by atoms with Crippen LogP contribution in [0.5, 0.6) is 0 Å². The van der Waals surface area contributed by atoms with Gasteiger partial charge in [-0.05, 0) is 24.5 Å². The highest BCUT2D eigenvalue weighted by Crippen LogP contribution is 2.27. The van der Waals surface area contributed by atoms with Crippen LogP contribution in [-0.2, 0) is 0 Å². The van der Waals surface area contributed by atoms with Crippen LogP contribution in [0.2, 0.25) is 5.02 Å². The third kappa shape index (κ3) is 3.32. The lowest BCUT2D eigenvalue weighted by molar-refractivity contribution is 0.977. The number of halogens is 1. The molecule has 1 aromatic carbocycles. The summed E-state index contributed by atoms with van der Waals surface area (Å²) in [6.45, 7) is 0. The van der Waals surface area contributed by atoms with Crippen LogP contribution in [0.4, 0.5) is 17.3 Å². The topological polar surface area (TPSA) is 73.6 Å². The number of rotatable bonds is 4. The van der Waals surface area contributed by atoms with E-state index >= 15 is 0 Å². The molecule has 0 fully saturated rings. The van der Waals surface area contributed by atoms with E-state index in [0.29, 0.717) is 27.2 Å². The second kappa shape index (κ2) is 6.46. The zero-order valence-electron chi connectivity index (χ0n) is 10.9. The van der Waals surface area contributed by atoms with Gasteiger partial charge < -0.3 is 10.6 Å². The fraction of sp³-hybridized carbons (Fsp3) is 0.154. The Hall–Kier alpha value is -1.97. The average molecular weight is 306 g/mol. The molecule has 0 aliphatic rings. The van der Waals surface area contributed by atoms with E-state index in [9.17, 15) is 0 Å². The molecule has 2 aromatic rings. The third-order valence-electron chi connectivity index (χ3n) is 2.51. The van der Waals surface area contributed by atoms with Gasteiger partial charge in [0, 0.05) is 13.1 Å². The zero-order chi connectivity index (χ0) is 14.5. The minimum absolute atomic E-state index is 0.472. The predicted octanol–water partition coefficient (Wildman–Crippen LogP) is 3.51. The summed E-state index contributed by atoms with van der Waals surface area (Å²) in [5.74, 6) is 1.36. The number of thioether (sulfide) groups is 1. The first kappa shape index (κ1) is 14.4. The summed E-state index contributed by atoms with van der Waals surface area (Å²) in [5, 5.41) is 16.1. The number of hydrogen-bond acceptors (Lipinski definition) is 6. The van der Waals surface area contributed by atoms with E-state index in [1.54, 1.807) is 31.3 Å². The highest BCUT2D eigenvalue weighted by atomic mass is 35.5. The molecule has 0 saturated heterocycles. The molecular formula is C13H12ClN5S. The van der Waals surface area contributed by atoms with Gasteiger partial charge in [0.25, 0.3) is 0 Å². The van der Waals surface area contributed by atoms with Crippen molar-refractivity contribution in [3.8, 4) is 6.07 Å². The lowest BCUT2D eigenvalue weighted by atomic mass is 10.2. The van der Waals surface area contributed by atoms with E-state index in [2.05, 4.69) is 20.6 Å². The van der Waals surface area contributed by atoms with Crippen molar-refractivity contribution in [3.05, 3.63) is 34.9 Å². The van der Waals surface area contributed by atoms with Gasteiger partial charge in [0.2, 0.25) is 0 Å². The Kier molecular flexibility index (Phi) is 4.66. The second-order valence-corrected chi connectivity index (χ2v) is 4.99. The van der Waals surface area contributed by atoms with Crippen LogP contribution in [0, 0.1) is 11.3 Å². The van der Waals surface area contributed by atoms with Crippen molar-refractivity contribution in [2.75, 3.05) is 23.9 Å². The highest BCUT2D eigenvalue weighted by molar-refractivity contribution is 7.98. The number of aromatic nitrogens is 2. The molecule has 0 radical (unpaired) electrons. The summed E-state index contributed by atoms with van der Waals surface area (Å²) in [5.41, 5.74) is 1.21. The molecule has 0 aliphatic carbocycles. The highest BCUT2D eigenvalue weighted by Gasteiger charge is 2.06. The molecule has 0 bridgehead atoms. The van der Waals surface area contributed by atoms with Gasteiger partial charge in [0.15, 0.2) is 5.16 Å². The average Bonchev–Trinajstić information content (AvgIpc) is 2.48. The van der Waals surface area contributed by atoms with Gasteiger partial charge in [0.1, 0.15) is 11.6 Å². The number of nitriles is 1. The summed E-state index contributed by atoms with van der Waals surface area (Å²) >= 11 is 7.58. The predicted molar refractivity (Wildman–Crippen MR) is 82.8 cm³/mol. The molecule has 2 rings (SSSR count). The molecule has 0 spiro atoms. The van der Waals surface area contributed by atoms with Crippen LogP contribution in [0.15, 0.2) is 29.4 Å². The van der Waals surface area contributed by atoms with Gasteiger partial charge in [0.05, 0.1) is 22.3 Å². The molecule has 0 amide bonds. The Bertz CT molecular complexity index is 646. The molecule has 0 atom stereocenters. The maximum absolute atomic E-state index is 8.82. The Morgan fingerprint density at radius 3 is 2.60 bits per heavy atom. The minimum Gasteiger partial charge on any atom is -0.373 e. The van der Waals surface area contributed by atoms with Gasteiger partial charge in [-0.1, -0.05) is 23.4 Å². The normalized spacial score (nSPS) is 9.90. The molecule has 2 N–H and O–H groups in total. The zero-order valence-corrected chi connectivity index (χ0v) is 12.5. The first-order valence-electron chi connectivity index (χ1n) is 5.73. The molecular weight excluding hydrogens is 294 g/mol. The fourth-order valence-electron chi connectivity index (χ4n) is 1.53. The van der Waals surface area contributed by atoms with Crippen molar-refractivity contribution in [1.82, 2.24) is 9.97 Å². The van der Waals surface area contributed by atoms with Gasteiger partial charge in [-0.3, -0.25) is 0 Å². The molecule has 0 saturated carbocycles. The minimum atomic E-state index is 0.472. The van der Waals surface area contributed by atoms with Crippen molar-refractivity contribution in [3.63, 3.8) is 0 Å². The largest absolute Gasteiger partial charge is 0.373 e. The van der Waals surface area contributed by atoms with Crippen LogP contribution in [0.1, 0.15) is 5.56 Å². The van der Waals surface area contributed by atoms with Crippen LogP contribution < -0.4 is 10.6 Å². The standard InChI is InChI=1S/C13H12ClN5S/c1-16-11-6-12(19-13(18-11)20-2)17-10-4-3-8(7-15)5-9(10)14/h3-6H,1-2H3,(H2,16,17,18,19). The summed E-state index contributed by atoms with van der Waals surface area (Å²) in [6, 6.07) is 8.89. The molecule has 0 aliphatic heterocycles. The third-order valence-corrected chi connectivity index (χ3v) is 3.37. The van der Waals surface area contributed by atoms with Crippen molar-refractivity contribution >= 4 is 40.7 Å². The summed E-state index contributed by atoms with van der Waals surface area (Å²) < 4.78 is 0.